The van der Waals surface area contributed by atoms with E-state index in [-0.39, 0.29) is 11.9 Å². The van der Waals surface area contributed by atoms with Crippen LogP contribution in [0.3, 0.4) is 0 Å². The van der Waals surface area contributed by atoms with Gasteiger partial charge in [0.25, 0.3) is 0 Å². The molecule has 0 aromatic rings. The maximum atomic E-state index is 11.0. The van der Waals surface area contributed by atoms with Crippen molar-refractivity contribution in [3.05, 3.63) is 0 Å². The number of rotatable bonds is 3. The van der Waals surface area contributed by atoms with Gasteiger partial charge in [-0.15, -0.1) is 0 Å². The van der Waals surface area contributed by atoms with Crippen molar-refractivity contribution < 1.29 is 32.5 Å². The van der Waals surface area contributed by atoms with E-state index < -0.39 is 53.2 Å². The molecule has 0 aromatic heterocycles. The number of nitrogens with two attached hydrogens (primary N) is 2. The van der Waals surface area contributed by atoms with Crippen LogP contribution >= 0.6 is 0 Å². The van der Waals surface area contributed by atoms with Gasteiger partial charge in [-0.3, -0.25) is 9.45 Å². The summed E-state index contributed by atoms with van der Waals surface area (Å²) < 4.78 is 35.3. The van der Waals surface area contributed by atoms with Gasteiger partial charge in [-0.2, -0.15) is 8.42 Å². The standard InChI is InChI=1S/C9H16N6O7S/c10-6-13-4-3(1-16)12-7(11)15-5(22-23(19,20)21)9(17,18)2-8(4,15)14-6/h3-5,16-18H,1-2H2,(H2,11,12)(H3,10,13,14)(H,19,20,21)/t3?,4?,5?,8-/m1/s1. The second kappa shape index (κ2) is 4.65. The van der Waals surface area contributed by atoms with Crippen LogP contribution in [0.15, 0.2) is 9.98 Å². The first-order valence-electron chi connectivity index (χ1n) is 6.45. The molecule has 23 heavy (non-hydrogen) atoms. The van der Waals surface area contributed by atoms with Crippen molar-refractivity contribution in [2.75, 3.05) is 6.61 Å². The molecule has 1 spiro atoms. The van der Waals surface area contributed by atoms with Crippen LogP contribution in [0.1, 0.15) is 6.42 Å². The van der Waals surface area contributed by atoms with E-state index in [1.54, 1.807) is 0 Å². The lowest BCUT2D eigenvalue weighted by atomic mass is 9.90. The summed E-state index contributed by atoms with van der Waals surface area (Å²) in [5, 5.41) is 32.5. The number of aliphatic imine (C=N–C) groups is 2. The molecule has 0 radical (unpaired) electrons. The summed E-state index contributed by atoms with van der Waals surface area (Å²) in [6.45, 7) is -0.451. The summed E-state index contributed by atoms with van der Waals surface area (Å²) >= 11 is 0. The van der Waals surface area contributed by atoms with Crippen LogP contribution in [0.25, 0.3) is 0 Å². The van der Waals surface area contributed by atoms with Crippen molar-refractivity contribution in [2.45, 2.75) is 36.2 Å². The van der Waals surface area contributed by atoms with E-state index in [1.165, 1.54) is 0 Å². The van der Waals surface area contributed by atoms with Gasteiger partial charge in [-0.05, 0) is 0 Å². The van der Waals surface area contributed by atoms with Crippen molar-refractivity contribution in [3.63, 3.8) is 0 Å². The van der Waals surface area contributed by atoms with E-state index in [1.807, 2.05) is 0 Å². The quantitative estimate of drug-likeness (QED) is 0.189. The molecule has 0 aromatic carbocycles. The van der Waals surface area contributed by atoms with Gasteiger partial charge < -0.3 is 32.1 Å². The Morgan fingerprint density at radius 1 is 1.39 bits per heavy atom. The summed E-state index contributed by atoms with van der Waals surface area (Å²) in [4.78, 5) is 8.94. The van der Waals surface area contributed by atoms with E-state index in [4.69, 9.17) is 16.0 Å². The predicted molar refractivity (Wildman–Crippen MR) is 73.8 cm³/mol. The second-order valence-electron chi connectivity index (χ2n) is 5.55. The third kappa shape index (κ3) is 2.30. The highest BCUT2D eigenvalue weighted by molar-refractivity contribution is 7.80. The first-order chi connectivity index (χ1) is 10.5. The van der Waals surface area contributed by atoms with Crippen LogP contribution in [0.5, 0.6) is 0 Å². The van der Waals surface area contributed by atoms with Crippen LogP contribution in [0.2, 0.25) is 0 Å². The molecule has 13 nitrogen and oxygen atoms in total. The van der Waals surface area contributed by atoms with E-state index in [0.29, 0.717) is 0 Å². The molecule has 0 saturated carbocycles. The van der Waals surface area contributed by atoms with Gasteiger partial charge in [0.15, 0.2) is 11.9 Å². The SMILES string of the molecule is NC1=NC2C(CO)N=C(N)N3C(OS(=O)(=O)O)C(O)(O)C[C@]23N1. The minimum absolute atomic E-state index is 0.0772. The number of nitrogens with one attached hydrogen (secondary N) is 1. The average Bonchev–Trinajstić information content (AvgIpc) is 2.80. The molecule has 3 unspecified atom stereocenters. The Hall–Kier alpha value is -1.71. The molecule has 4 atom stereocenters. The topological polar surface area (TPSA) is 216 Å². The van der Waals surface area contributed by atoms with Gasteiger partial charge in [0, 0.05) is 0 Å². The Bertz CT molecular complexity index is 693. The van der Waals surface area contributed by atoms with Gasteiger partial charge in [0.2, 0.25) is 12.0 Å². The van der Waals surface area contributed by atoms with Crippen molar-refractivity contribution in [1.29, 1.82) is 0 Å². The molecule has 0 amide bonds. The summed E-state index contributed by atoms with van der Waals surface area (Å²) in [5.41, 5.74) is 9.93. The summed E-state index contributed by atoms with van der Waals surface area (Å²) in [6, 6.07) is -1.71. The Morgan fingerprint density at radius 2 is 2.04 bits per heavy atom. The maximum Gasteiger partial charge on any atom is 0.399 e. The molecule has 3 rings (SSSR count). The smallest absolute Gasteiger partial charge is 0.394 e. The third-order valence-electron chi connectivity index (χ3n) is 4.01. The van der Waals surface area contributed by atoms with E-state index in [0.717, 1.165) is 4.90 Å². The number of aliphatic hydroxyl groups is 3. The minimum Gasteiger partial charge on any atom is -0.394 e. The van der Waals surface area contributed by atoms with Gasteiger partial charge >= 0.3 is 10.4 Å². The molecule has 9 N–H and O–H groups in total. The fraction of sp³-hybridized carbons (Fsp3) is 0.778. The number of hydrogen-bond donors (Lipinski definition) is 7. The highest BCUT2D eigenvalue weighted by Gasteiger charge is 2.69. The molecule has 3 aliphatic rings. The zero-order valence-electron chi connectivity index (χ0n) is 11.6. The van der Waals surface area contributed by atoms with Crippen molar-refractivity contribution in [1.82, 2.24) is 10.2 Å². The highest BCUT2D eigenvalue weighted by Crippen LogP contribution is 2.46. The van der Waals surface area contributed by atoms with E-state index >= 15 is 0 Å². The molecule has 0 aliphatic carbocycles. The second-order valence-corrected chi connectivity index (χ2v) is 6.60. The van der Waals surface area contributed by atoms with Gasteiger partial charge in [-0.25, -0.2) is 14.2 Å². The summed E-state index contributed by atoms with van der Waals surface area (Å²) in [6.07, 6.45) is -2.51. The summed E-state index contributed by atoms with van der Waals surface area (Å²) in [5.74, 6) is -3.14. The largest absolute Gasteiger partial charge is 0.399 e. The molecular weight excluding hydrogens is 336 g/mol. The Kier molecular flexibility index (Phi) is 3.27. The van der Waals surface area contributed by atoms with Crippen LogP contribution in [0.4, 0.5) is 0 Å². The van der Waals surface area contributed by atoms with E-state index in [9.17, 15) is 23.7 Å². The lowest BCUT2D eigenvalue weighted by molar-refractivity contribution is -0.216. The molecule has 0 bridgehead atoms. The first-order valence-corrected chi connectivity index (χ1v) is 7.82. The lowest BCUT2D eigenvalue weighted by Crippen LogP contribution is -2.70. The van der Waals surface area contributed by atoms with Crippen molar-refractivity contribution >= 4 is 22.3 Å². The maximum absolute atomic E-state index is 11.0. The molecular formula is C9H16N6O7S. The van der Waals surface area contributed by atoms with Crippen molar-refractivity contribution in [3.8, 4) is 0 Å². The fourth-order valence-electron chi connectivity index (χ4n) is 3.33. The number of guanidine groups is 2. The number of nitrogens with zero attached hydrogens (tertiary/aromatic N) is 3. The van der Waals surface area contributed by atoms with Crippen LogP contribution in [-0.4, -0.2) is 81.5 Å². The monoisotopic (exact) mass is 352 g/mol. The molecule has 1 fully saturated rings. The van der Waals surface area contributed by atoms with E-state index in [2.05, 4.69) is 19.5 Å². The molecule has 14 heteroatoms. The zero-order chi connectivity index (χ0) is 17.2. The number of aliphatic hydroxyl groups excluding tert-OH is 1. The Labute approximate surface area is 130 Å². The fourth-order valence-corrected chi connectivity index (χ4v) is 3.80. The Morgan fingerprint density at radius 3 is 2.61 bits per heavy atom. The van der Waals surface area contributed by atoms with Crippen LogP contribution in [0, 0.1) is 0 Å². The zero-order valence-corrected chi connectivity index (χ0v) is 12.4. The molecule has 1 saturated heterocycles. The molecule has 3 aliphatic heterocycles. The van der Waals surface area contributed by atoms with Crippen LogP contribution in [-0.2, 0) is 14.6 Å². The van der Waals surface area contributed by atoms with Gasteiger partial charge in [0.05, 0.1) is 13.0 Å². The van der Waals surface area contributed by atoms with Crippen molar-refractivity contribution in [2.24, 2.45) is 21.5 Å². The predicted octanol–water partition coefficient (Wildman–Crippen LogP) is -4.81. The Balaban J connectivity index is 2.12. The minimum atomic E-state index is -5.04. The first kappa shape index (κ1) is 16.2. The van der Waals surface area contributed by atoms with Crippen LogP contribution < -0.4 is 16.8 Å². The lowest BCUT2D eigenvalue weighted by Gasteiger charge is -2.45. The molecule has 130 valence electrons. The molecule has 3 heterocycles. The highest BCUT2D eigenvalue weighted by atomic mass is 32.3. The normalized spacial score (nSPS) is 38.4. The third-order valence-corrected chi connectivity index (χ3v) is 4.44. The number of hydrogen-bond acceptors (Lipinski definition) is 12. The van der Waals surface area contributed by atoms with Gasteiger partial charge in [0.1, 0.15) is 17.7 Å². The van der Waals surface area contributed by atoms with Gasteiger partial charge in [-0.1, -0.05) is 0 Å². The summed E-state index contributed by atoms with van der Waals surface area (Å²) in [7, 11) is -5.04. The average molecular weight is 352 g/mol.